The van der Waals surface area contributed by atoms with Crippen molar-refractivity contribution in [2.75, 3.05) is 13.1 Å². The fourth-order valence-corrected chi connectivity index (χ4v) is 26.6. The van der Waals surface area contributed by atoms with Crippen molar-refractivity contribution in [3.05, 3.63) is 85.1 Å². The lowest BCUT2D eigenvalue weighted by Crippen LogP contribution is -2.46. The predicted octanol–water partition coefficient (Wildman–Crippen LogP) is 10.9. The maximum atomic E-state index is 12.8. The van der Waals surface area contributed by atoms with Crippen LogP contribution < -0.4 is 0 Å². The first-order valence-electron chi connectivity index (χ1n) is 41.6. The van der Waals surface area contributed by atoms with Gasteiger partial charge in [-0.3, -0.25) is 91.8 Å². The highest BCUT2D eigenvalue weighted by atomic mass is 16.2. The second kappa shape index (κ2) is 28.7. The Kier molecular flexibility index (Phi) is 20.2. The summed E-state index contributed by atoms with van der Waals surface area (Å²) in [5.41, 5.74) is 0. The van der Waals surface area contributed by atoms with Gasteiger partial charge in [-0.05, 0) is 274 Å². The van der Waals surface area contributed by atoms with Crippen molar-refractivity contribution < 1.29 is 57.5 Å². The molecule has 19 heteroatoms. The minimum Gasteiger partial charge on any atom is -0.294 e. The van der Waals surface area contributed by atoms with Crippen LogP contribution in [0.3, 0.4) is 0 Å². The second-order valence-corrected chi connectivity index (χ2v) is 37.5. The molecular weight excluding hydrogens is 1350 g/mol. The summed E-state index contributed by atoms with van der Waals surface area (Å²) in [6.07, 6.45) is 41.5. The minimum absolute atomic E-state index is 0.000556. The van der Waals surface area contributed by atoms with Gasteiger partial charge in [0.2, 0.25) is 59.1 Å². The normalized spacial score (nSPS) is 42.2. The van der Waals surface area contributed by atoms with E-state index in [9.17, 15) is 57.5 Å². The summed E-state index contributed by atoms with van der Waals surface area (Å²) in [5, 5.41) is 0. The highest BCUT2D eigenvalue weighted by molar-refractivity contribution is 6.13. The molecule has 0 radical (unpaired) electrons. The molecule has 14 fully saturated rings. The number of rotatable bonds is 7. The molecular formula is C88H117N7O12. The quantitative estimate of drug-likeness (QED) is 0.131. The maximum absolute atomic E-state index is 12.8. The molecule has 28 unspecified atom stereocenters. The Balaban J connectivity index is 0.000000102. The van der Waals surface area contributed by atoms with Gasteiger partial charge in [0.25, 0.3) is 11.8 Å². The van der Waals surface area contributed by atoms with Gasteiger partial charge >= 0.3 is 0 Å². The molecule has 22 rings (SSSR count). The number of hydrogen-bond acceptors (Lipinski definition) is 13. The fourth-order valence-electron chi connectivity index (χ4n) is 26.6. The largest absolute Gasteiger partial charge is 0.294 e. The Bertz CT molecular complexity index is 3700. The number of nitrogens with zero attached hydrogens (tertiary/aromatic N) is 7. The zero-order chi connectivity index (χ0) is 76.3. The van der Waals surface area contributed by atoms with Gasteiger partial charge in [-0.15, -0.1) is 0 Å². The van der Waals surface area contributed by atoms with Crippen molar-refractivity contribution in [1.82, 2.24) is 34.3 Å². The van der Waals surface area contributed by atoms with Crippen molar-refractivity contribution in [1.29, 1.82) is 0 Å². The third-order valence-corrected chi connectivity index (χ3v) is 30.3. The summed E-state index contributed by atoms with van der Waals surface area (Å²) >= 11 is 0. The van der Waals surface area contributed by atoms with Crippen LogP contribution in [-0.4, -0.2) is 161 Å². The van der Waals surface area contributed by atoms with E-state index in [4.69, 9.17) is 0 Å². The van der Waals surface area contributed by atoms with Gasteiger partial charge in [-0.25, -0.2) is 0 Å². The summed E-state index contributed by atoms with van der Waals surface area (Å²) < 4.78 is 0. The van der Waals surface area contributed by atoms with Gasteiger partial charge in [0.1, 0.15) is 0 Å². The summed E-state index contributed by atoms with van der Waals surface area (Å²) in [5.74, 6) is 11.1. The first-order chi connectivity index (χ1) is 51.0. The first-order valence-corrected chi connectivity index (χ1v) is 41.6. The van der Waals surface area contributed by atoms with Crippen LogP contribution in [0.5, 0.6) is 0 Å². The van der Waals surface area contributed by atoms with Crippen LogP contribution in [0.25, 0.3) is 0 Å². The molecule has 0 aromatic heterocycles. The third kappa shape index (κ3) is 12.0. The number of carbonyl (C=O) groups is 12. The van der Waals surface area contributed by atoms with Crippen molar-refractivity contribution in [3.63, 3.8) is 0 Å². The fraction of sp³-hybridized carbons (Fsp3) is 0.705. The van der Waals surface area contributed by atoms with E-state index in [2.05, 4.69) is 79.5 Å². The van der Waals surface area contributed by atoms with E-state index >= 15 is 0 Å². The molecule has 107 heavy (non-hydrogen) atoms. The van der Waals surface area contributed by atoms with Crippen LogP contribution in [0, 0.1) is 166 Å². The third-order valence-electron chi connectivity index (χ3n) is 30.3. The molecule has 0 spiro atoms. The lowest BCUT2D eigenvalue weighted by Gasteiger charge is -2.49. The molecule has 19 nitrogen and oxygen atoms in total. The number of allylic oxidation sites excluding steroid dienone is 10. The summed E-state index contributed by atoms with van der Waals surface area (Å²) in [4.78, 5) is 157. The maximum Gasteiger partial charge on any atom is 0.253 e. The summed E-state index contributed by atoms with van der Waals surface area (Å²) in [7, 11) is 0. The van der Waals surface area contributed by atoms with Crippen molar-refractivity contribution >= 4 is 70.9 Å². The highest BCUT2D eigenvalue weighted by Gasteiger charge is 2.73. The van der Waals surface area contributed by atoms with E-state index in [-0.39, 0.29) is 166 Å². The van der Waals surface area contributed by atoms with Crippen molar-refractivity contribution in [2.45, 2.75) is 210 Å². The van der Waals surface area contributed by atoms with Crippen LogP contribution in [-0.2, 0) is 57.5 Å². The average molecular weight is 1460 g/mol. The molecule has 15 aliphatic carbocycles. The van der Waals surface area contributed by atoms with E-state index in [1.165, 1.54) is 46.1 Å². The SMILES string of the molecule is CC(C)N1C(=O)C2C3C=CC(C3)C2C1=O.CC(C)N1C(=O)C2C3CC(C2C1=O)C1C2C=CC(C2)C31.CC(C)N1C(=O)C2C3CC(C2C1=O)C1C2C=CC(CC2)C31.CC(C)N1C(=O)C2C3CC(C4CC=CCC43)C2C1=O.CC(C)N1C(=O)C2CC=CCC2C1=O.CC(C)N1C(=O)C=CC1=O.CC(C)N1CC=CC1. The molecule has 0 aromatic rings. The smallest absolute Gasteiger partial charge is 0.253 e. The van der Waals surface area contributed by atoms with E-state index in [1.807, 2.05) is 95.2 Å². The molecule has 0 N–H and O–H groups in total. The number of likely N-dealkylation sites (tertiary alicyclic amines) is 5. The van der Waals surface area contributed by atoms with Gasteiger partial charge in [0.05, 0.1) is 59.2 Å². The molecule has 22 aliphatic rings. The molecule has 28 atom stereocenters. The van der Waals surface area contributed by atoms with Crippen molar-refractivity contribution in [2.24, 2.45) is 166 Å². The molecule has 12 bridgehead atoms. The highest BCUT2D eigenvalue weighted by Crippen LogP contribution is 2.72. The number of carbonyl (C=O) groups excluding carboxylic acids is 12. The molecule has 9 saturated carbocycles. The van der Waals surface area contributed by atoms with E-state index in [1.54, 1.807) is 14.7 Å². The Morgan fingerprint density at radius 2 is 0.514 bits per heavy atom. The average Bonchev–Trinajstić information content (AvgIpc) is 1.53. The Morgan fingerprint density at radius 1 is 0.252 bits per heavy atom. The molecule has 0 aromatic carbocycles. The number of fused-ring (bicyclic) bond motifs is 32. The van der Waals surface area contributed by atoms with E-state index in [0.717, 1.165) is 64.5 Å². The standard InChI is InChI=1S/C18H23NO2.C17H21NO2.C16H21NO2.C12H15NO2.C11H15NO2.C7H9NO2.C7H13N/c1-8(2)19-17(20)15-11-7-12(16(15)18(19)21)14-10-4-3-9(5-6-10)13(11)14;1-7(2)18-16(19)14-10-6-11(15(14)17(18)20)13-9-4-3-8(5-9)12(10)13;1-8(2)17-15(18)13-11-7-12(14(13)16(17)19)10-6-4-3-5-9(10)11;1-6(2)13-11(14)9-7-3-4-8(5-7)10(9)12(13)15;1-7(2)12-10(13)8-5-3-4-6-9(8)11(12)14;1-5(2)8-6(9)3-4-7(8)10;1-7(2)8-5-3-4-6-8/h3-4,8-16H,5-7H2,1-2H3;3-4,7-15H,5-6H2,1-2H3;3-4,8-14H,5-7H2,1-2H3;3-4,6-10H,5H2,1-2H3;3-4,7-9H,5-6H2,1-2H3;3-5H,1-2H3;3-4,7H,5-6H2,1-2H3. The Morgan fingerprint density at radius 3 is 0.813 bits per heavy atom. The van der Waals surface area contributed by atoms with Crippen LogP contribution in [0.15, 0.2) is 85.1 Å². The first kappa shape index (κ1) is 75.4. The molecule has 576 valence electrons. The zero-order valence-electron chi connectivity index (χ0n) is 65.5. The minimum atomic E-state index is -0.208. The van der Waals surface area contributed by atoms with Crippen LogP contribution in [0.4, 0.5) is 0 Å². The van der Waals surface area contributed by atoms with Gasteiger partial charge in [-0.1, -0.05) is 72.9 Å². The van der Waals surface area contributed by atoms with Gasteiger partial charge in [-0.2, -0.15) is 0 Å². The van der Waals surface area contributed by atoms with Gasteiger partial charge in [0.15, 0.2) is 0 Å². The van der Waals surface area contributed by atoms with Crippen LogP contribution in [0.2, 0.25) is 0 Å². The lowest BCUT2D eigenvalue weighted by atomic mass is 9.54. The predicted molar refractivity (Wildman–Crippen MR) is 401 cm³/mol. The van der Waals surface area contributed by atoms with Gasteiger partial charge in [0, 0.05) is 67.5 Å². The Hall–Kier alpha value is -7.02. The molecule has 7 aliphatic heterocycles. The number of amides is 12. The topological polar surface area (TPSA) is 228 Å². The van der Waals surface area contributed by atoms with E-state index in [0.29, 0.717) is 113 Å². The monoisotopic (exact) mass is 1460 g/mol. The van der Waals surface area contributed by atoms with Crippen LogP contribution >= 0.6 is 0 Å². The number of imide groups is 6. The van der Waals surface area contributed by atoms with E-state index < -0.39 is 0 Å². The zero-order valence-corrected chi connectivity index (χ0v) is 65.5. The molecule has 7 heterocycles. The number of hydrogen-bond donors (Lipinski definition) is 0. The van der Waals surface area contributed by atoms with Gasteiger partial charge < -0.3 is 0 Å². The second-order valence-electron chi connectivity index (χ2n) is 37.5. The summed E-state index contributed by atoms with van der Waals surface area (Å²) in [6.45, 7) is 29.7. The van der Waals surface area contributed by atoms with Crippen LogP contribution in [0.1, 0.15) is 168 Å². The summed E-state index contributed by atoms with van der Waals surface area (Å²) in [6, 6.07) is 0.752. The molecule has 12 amide bonds. The Labute approximate surface area is 633 Å². The molecule has 5 saturated heterocycles. The lowest BCUT2D eigenvalue weighted by molar-refractivity contribution is -0.144. The van der Waals surface area contributed by atoms with Crippen molar-refractivity contribution in [3.8, 4) is 0 Å².